The van der Waals surface area contributed by atoms with Gasteiger partial charge in [0, 0.05) is 32.3 Å². The first kappa shape index (κ1) is 21.9. The fourth-order valence-electron chi connectivity index (χ4n) is 4.13. The predicted octanol–water partition coefficient (Wildman–Crippen LogP) is 4.59. The molecule has 8 nitrogen and oxygen atoms in total. The molecule has 0 saturated carbocycles. The van der Waals surface area contributed by atoms with E-state index in [-0.39, 0.29) is 27.2 Å². The monoisotopic (exact) mass is 491 g/mol. The van der Waals surface area contributed by atoms with Crippen molar-refractivity contribution in [2.45, 2.75) is 38.7 Å². The van der Waals surface area contributed by atoms with Crippen molar-refractivity contribution in [3.63, 3.8) is 0 Å². The highest BCUT2D eigenvalue weighted by atomic mass is 35.5. The molecule has 0 aliphatic carbocycles. The lowest BCUT2D eigenvalue weighted by Crippen LogP contribution is -2.27. The zero-order valence-electron chi connectivity index (χ0n) is 17.9. The molecule has 0 radical (unpaired) electrons. The highest BCUT2D eigenvalue weighted by Gasteiger charge is 2.26. The van der Waals surface area contributed by atoms with E-state index in [1.165, 1.54) is 10.9 Å². The van der Waals surface area contributed by atoms with Crippen molar-refractivity contribution in [2.24, 2.45) is 7.05 Å². The van der Waals surface area contributed by atoms with Gasteiger partial charge in [-0.1, -0.05) is 11.6 Å². The molecule has 4 aromatic rings. The molecule has 1 saturated heterocycles. The summed E-state index contributed by atoms with van der Waals surface area (Å²) in [5, 5.41) is 8.94. The first-order chi connectivity index (χ1) is 15.8. The molecule has 1 atom stereocenters. The lowest BCUT2D eigenvalue weighted by atomic mass is 10.1. The fraction of sp³-hybridized carbons (Fsp3) is 0.381. The normalized spacial score (nSPS) is 16.4. The first-order valence-corrected chi connectivity index (χ1v) is 11.6. The molecule has 1 fully saturated rings. The van der Waals surface area contributed by atoms with Gasteiger partial charge in [-0.25, -0.2) is 18.3 Å². The Morgan fingerprint density at radius 3 is 2.88 bits per heavy atom. The second-order valence-electron chi connectivity index (χ2n) is 8.04. The molecule has 172 valence electrons. The van der Waals surface area contributed by atoms with Gasteiger partial charge in [-0.05, 0) is 37.5 Å². The van der Waals surface area contributed by atoms with Crippen LogP contribution in [0.5, 0.6) is 0 Å². The number of Topliss-reactive ketones (excluding diaryl/α,β-unsaturated/α-hetero) is 1. The minimum Gasteiger partial charge on any atom is -0.337 e. The third kappa shape index (κ3) is 3.99. The number of halogens is 3. The van der Waals surface area contributed by atoms with Crippen LogP contribution >= 0.6 is 22.9 Å². The van der Waals surface area contributed by atoms with Gasteiger partial charge in [-0.15, -0.1) is 16.4 Å². The molecule has 5 rings (SSSR count). The zero-order chi connectivity index (χ0) is 23.3. The zero-order valence-corrected chi connectivity index (χ0v) is 19.4. The van der Waals surface area contributed by atoms with Crippen LogP contribution in [0.2, 0.25) is 4.34 Å². The summed E-state index contributed by atoms with van der Waals surface area (Å²) in [6, 6.07) is 4.05. The average Bonchev–Trinajstić information content (AvgIpc) is 3.53. The van der Waals surface area contributed by atoms with E-state index in [2.05, 4.69) is 32.0 Å². The van der Waals surface area contributed by atoms with E-state index in [4.69, 9.17) is 11.6 Å². The average molecular weight is 492 g/mol. The van der Waals surface area contributed by atoms with E-state index in [9.17, 15) is 13.6 Å². The Labute approximate surface area is 196 Å². The van der Waals surface area contributed by atoms with E-state index in [1.54, 1.807) is 17.8 Å². The molecule has 5 heterocycles. The molecule has 0 unspecified atom stereocenters. The van der Waals surface area contributed by atoms with Crippen LogP contribution in [0.1, 0.15) is 47.9 Å². The molecule has 12 heteroatoms. The molecular weight excluding hydrogens is 472 g/mol. The summed E-state index contributed by atoms with van der Waals surface area (Å²) < 4.78 is 29.3. The van der Waals surface area contributed by atoms with Crippen molar-refractivity contribution >= 4 is 40.3 Å². The van der Waals surface area contributed by atoms with Gasteiger partial charge in [-0.3, -0.25) is 9.48 Å². The maximum absolute atomic E-state index is 13.2. The Bertz CT molecular complexity index is 1350. The largest absolute Gasteiger partial charge is 0.337 e. The van der Waals surface area contributed by atoms with Gasteiger partial charge in [0.1, 0.15) is 20.7 Å². The molecule has 0 aromatic carbocycles. The summed E-state index contributed by atoms with van der Waals surface area (Å²) in [5.74, 6) is 0.472. The molecule has 33 heavy (non-hydrogen) atoms. The summed E-state index contributed by atoms with van der Waals surface area (Å²) >= 11 is 6.82. The van der Waals surface area contributed by atoms with Crippen LogP contribution in [0, 0.1) is 0 Å². The molecule has 0 N–H and O–H groups in total. The molecule has 0 bridgehead atoms. The molecule has 0 spiro atoms. The standard InChI is InChI=1S/C21H20ClF2N7OS/c1-11-4-3-6-30(11)21-26-15-9-12(5-7-31(15)28-21)8-14(32)17-13(10-25-29(17)2)20-27-16(19(23)24)18(22)33-20/h5,7,9-11,19H,3-4,6,8H2,1-2H3/t11-/m0/s1. The van der Waals surface area contributed by atoms with Crippen LogP contribution in [0.4, 0.5) is 14.7 Å². The van der Waals surface area contributed by atoms with Gasteiger partial charge < -0.3 is 4.90 Å². The Morgan fingerprint density at radius 1 is 1.36 bits per heavy atom. The van der Waals surface area contributed by atoms with Crippen LogP contribution in [-0.4, -0.2) is 47.7 Å². The number of rotatable bonds is 6. The minimum atomic E-state index is -2.79. The number of fused-ring (bicyclic) bond motifs is 1. The maximum Gasteiger partial charge on any atom is 0.282 e. The van der Waals surface area contributed by atoms with E-state index >= 15 is 0 Å². The number of pyridine rings is 1. The van der Waals surface area contributed by atoms with Crippen LogP contribution in [-0.2, 0) is 13.5 Å². The third-order valence-corrected chi connectivity index (χ3v) is 7.13. The quantitative estimate of drug-likeness (QED) is 0.367. The highest BCUT2D eigenvalue weighted by Crippen LogP contribution is 2.37. The third-order valence-electron chi connectivity index (χ3n) is 5.81. The summed E-state index contributed by atoms with van der Waals surface area (Å²) in [6.07, 6.45) is 2.77. The molecule has 0 amide bonds. The van der Waals surface area contributed by atoms with E-state index < -0.39 is 12.1 Å². The number of nitrogens with zero attached hydrogens (tertiary/aromatic N) is 7. The number of alkyl halides is 2. The Balaban J connectivity index is 1.42. The van der Waals surface area contributed by atoms with Crippen LogP contribution in [0.25, 0.3) is 16.2 Å². The topological polar surface area (TPSA) is 81.2 Å². The predicted molar refractivity (Wildman–Crippen MR) is 121 cm³/mol. The van der Waals surface area contributed by atoms with Gasteiger partial charge in [0.15, 0.2) is 11.4 Å². The number of hydrogen-bond acceptors (Lipinski definition) is 7. The maximum atomic E-state index is 13.2. The number of aromatic nitrogens is 6. The van der Waals surface area contributed by atoms with Gasteiger partial charge >= 0.3 is 0 Å². The first-order valence-electron chi connectivity index (χ1n) is 10.4. The number of thiazole rings is 1. The molecule has 4 aromatic heterocycles. The summed E-state index contributed by atoms with van der Waals surface area (Å²) in [7, 11) is 1.63. The van der Waals surface area contributed by atoms with Crippen LogP contribution in [0.3, 0.4) is 0 Å². The van der Waals surface area contributed by atoms with E-state index in [0.717, 1.165) is 36.3 Å². The summed E-state index contributed by atoms with van der Waals surface area (Å²) in [4.78, 5) is 24.0. The number of hydrogen-bond donors (Lipinski definition) is 0. The fourth-order valence-corrected chi connectivity index (χ4v) is 5.29. The number of carbonyl (C=O) groups excluding carboxylic acids is 1. The second-order valence-corrected chi connectivity index (χ2v) is 9.64. The number of carbonyl (C=O) groups is 1. The van der Waals surface area contributed by atoms with Gasteiger partial charge in [0.05, 0.1) is 11.8 Å². The van der Waals surface area contributed by atoms with Gasteiger partial charge in [-0.2, -0.15) is 10.1 Å². The smallest absolute Gasteiger partial charge is 0.282 e. The van der Waals surface area contributed by atoms with Gasteiger partial charge in [0.25, 0.3) is 6.43 Å². The second kappa shape index (κ2) is 8.45. The molecule has 1 aliphatic heterocycles. The molecule has 1 aliphatic rings. The van der Waals surface area contributed by atoms with Crippen LogP contribution < -0.4 is 4.90 Å². The molecular formula is C21H20ClF2N7OS. The SMILES string of the molecule is C[C@H]1CCCN1c1nc2cc(CC(=O)c3c(-c4nc(C(F)F)c(Cl)s4)cnn3C)ccn2n1. The van der Waals surface area contributed by atoms with Crippen molar-refractivity contribution in [3.8, 4) is 10.6 Å². The van der Waals surface area contributed by atoms with Gasteiger partial charge in [0.2, 0.25) is 5.95 Å². The summed E-state index contributed by atoms with van der Waals surface area (Å²) in [5.41, 5.74) is 1.61. The Hall–Kier alpha value is -2.92. The van der Waals surface area contributed by atoms with Crippen LogP contribution in [0.15, 0.2) is 24.5 Å². The summed E-state index contributed by atoms with van der Waals surface area (Å²) in [6.45, 7) is 3.09. The Kier molecular flexibility index (Phi) is 5.61. The number of aryl methyl sites for hydroxylation is 1. The lowest BCUT2D eigenvalue weighted by molar-refractivity contribution is 0.0984. The van der Waals surface area contributed by atoms with Crippen molar-refractivity contribution in [2.75, 3.05) is 11.4 Å². The van der Waals surface area contributed by atoms with E-state index in [0.29, 0.717) is 23.2 Å². The number of ketones is 1. The minimum absolute atomic E-state index is 0.0894. The lowest BCUT2D eigenvalue weighted by Gasteiger charge is -2.18. The van der Waals surface area contributed by atoms with Crippen molar-refractivity contribution in [3.05, 3.63) is 45.8 Å². The van der Waals surface area contributed by atoms with Crippen molar-refractivity contribution < 1.29 is 13.6 Å². The number of anilines is 1. The van der Waals surface area contributed by atoms with Crippen molar-refractivity contribution in [1.29, 1.82) is 0 Å². The Morgan fingerprint density at radius 2 is 2.18 bits per heavy atom. The van der Waals surface area contributed by atoms with Crippen molar-refractivity contribution in [1.82, 2.24) is 29.4 Å². The highest BCUT2D eigenvalue weighted by molar-refractivity contribution is 7.19. The van der Waals surface area contributed by atoms with E-state index in [1.807, 2.05) is 12.1 Å².